The van der Waals surface area contributed by atoms with Crippen molar-refractivity contribution >= 4 is 0 Å². The average Bonchev–Trinajstić information content (AvgIpc) is 2.78. The molecule has 0 bridgehead atoms. The zero-order chi connectivity index (χ0) is 24.9. The molecule has 2 N–H and O–H groups in total. The topological polar surface area (TPSA) is 40.5 Å². The van der Waals surface area contributed by atoms with Gasteiger partial charge in [-0.3, -0.25) is 0 Å². The Hall–Kier alpha value is -1.04. The smallest absolute Gasteiger partial charge is 0.0731 e. The molecule has 3 fully saturated rings. The standard InChI is InChI=1S/C32H48O2/c1-9-21-18-30(6)24(27(2,3)26(21)34)12-13-32(8)25(30)11-10-22-23-19-28(4,20-33)14-15-29(23,5)16-17-31(22,32)7/h1,10-11,21,24-26,33-34H,12-20H2,2-8H3/t21-,24-,25-,26+,28+,29-,30+,31-,32-/m1/s1. The highest BCUT2D eigenvalue weighted by molar-refractivity contribution is 5.45. The zero-order valence-corrected chi connectivity index (χ0v) is 22.8. The van der Waals surface area contributed by atoms with Crippen LogP contribution in [0.15, 0.2) is 23.3 Å². The van der Waals surface area contributed by atoms with E-state index in [4.69, 9.17) is 6.42 Å². The lowest BCUT2D eigenvalue weighted by atomic mass is 9.34. The van der Waals surface area contributed by atoms with E-state index in [1.54, 1.807) is 11.1 Å². The van der Waals surface area contributed by atoms with E-state index < -0.39 is 6.10 Å². The third-order valence-corrected chi connectivity index (χ3v) is 12.9. The first-order valence-corrected chi connectivity index (χ1v) is 13.9. The Labute approximate surface area is 208 Å². The number of rotatable bonds is 1. The molecule has 0 radical (unpaired) electrons. The Morgan fingerprint density at radius 1 is 1.00 bits per heavy atom. The van der Waals surface area contributed by atoms with Gasteiger partial charge in [-0.25, -0.2) is 0 Å². The molecule has 2 nitrogen and oxygen atoms in total. The molecule has 2 heteroatoms. The molecule has 5 rings (SSSR count). The highest BCUT2D eigenvalue weighted by Crippen LogP contribution is 2.74. The summed E-state index contributed by atoms with van der Waals surface area (Å²) in [5.41, 5.74) is 3.79. The average molecular weight is 465 g/mol. The van der Waals surface area contributed by atoms with Crippen LogP contribution in [0.3, 0.4) is 0 Å². The van der Waals surface area contributed by atoms with Gasteiger partial charge in [0.1, 0.15) is 0 Å². The Morgan fingerprint density at radius 3 is 2.32 bits per heavy atom. The fourth-order valence-electron chi connectivity index (χ4n) is 10.2. The maximum atomic E-state index is 11.2. The number of aliphatic hydroxyl groups is 2. The molecule has 5 aliphatic rings. The van der Waals surface area contributed by atoms with Gasteiger partial charge in [-0.2, -0.15) is 0 Å². The second-order valence-electron chi connectivity index (χ2n) is 15.0. The fraction of sp³-hybridized carbons (Fsp3) is 0.812. The lowest BCUT2D eigenvalue weighted by Crippen LogP contribution is -2.64. The maximum Gasteiger partial charge on any atom is 0.0731 e. The first-order valence-electron chi connectivity index (χ1n) is 13.9. The van der Waals surface area contributed by atoms with Crippen molar-refractivity contribution in [3.63, 3.8) is 0 Å². The molecule has 34 heavy (non-hydrogen) atoms. The van der Waals surface area contributed by atoms with E-state index in [0.29, 0.717) is 11.8 Å². The van der Waals surface area contributed by atoms with Crippen LogP contribution in [0, 0.1) is 62.6 Å². The molecule has 0 amide bonds. The molecular weight excluding hydrogens is 416 g/mol. The van der Waals surface area contributed by atoms with Crippen molar-refractivity contribution < 1.29 is 10.2 Å². The predicted octanol–water partition coefficient (Wildman–Crippen LogP) is 6.92. The van der Waals surface area contributed by atoms with Crippen molar-refractivity contribution in [3.05, 3.63) is 23.3 Å². The van der Waals surface area contributed by atoms with Crippen LogP contribution in [-0.4, -0.2) is 22.9 Å². The molecular formula is C32H48O2. The fourth-order valence-corrected chi connectivity index (χ4v) is 10.2. The molecule has 188 valence electrons. The van der Waals surface area contributed by atoms with Crippen molar-refractivity contribution in [2.75, 3.05) is 6.61 Å². The third kappa shape index (κ3) is 2.90. The van der Waals surface area contributed by atoms with Crippen molar-refractivity contribution in [3.8, 4) is 12.3 Å². The predicted molar refractivity (Wildman–Crippen MR) is 140 cm³/mol. The second-order valence-corrected chi connectivity index (χ2v) is 15.0. The Bertz CT molecular complexity index is 981. The Kier molecular flexibility index (Phi) is 5.26. The largest absolute Gasteiger partial charge is 0.396 e. The Morgan fingerprint density at radius 2 is 1.68 bits per heavy atom. The van der Waals surface area contributed by atoms with Crippen molar-refractivity contribution in [1.82, 2.24) is 0 Å². The van der Waals surface area contributed by atoms with E-state index in [-0.39, 0.29) is 45.0 Å². The number of hydrogen-bond donors (Lipinski definition) is 2. The van der Waals surface area contributed by atoms with Gasteiger partial charge in [0.2, 0.25) is 0 Å². The van der Waals surface area contributed by atoms with Gasteiger partial charge in [0.25, 0.3) is 0 Å². The summed E-state index contributed by atoms with van der Waals surface area (Å²) in [5, 5.41) is 21.4. The molecule has 0 aromatic rings. The van der Waals surface area contributed by atoms with Crippen molar-refractivity contribution in [2.45, 2.75) is 106 Å². The first-order chi connectivity index (χ1) is 15.7. The van der Waals surface area contributed by atoms with Gasteiger partial charge in [0.05, 0.1) is 6.10 Å². The third-order valence-electron chi connectivity index (χ3n) is 12.9. The summed E-state index contributed by atoms with van der Waals surface area (Å²) >= 11 is 0. The minimum absolute atomic E-state index is 0.0128. The second kappa shape index (κ2) is 7.26. The van der Waals surface area contributed by atoms with E-state index in [1.165, 1.54) is 32.1 Å². The van der Waals surface area contributed by atoms with Crippen LogP contribution in [-0.2, 0) is 0 Å². The summed E-state index contributed by atoms with van der Waals surface area (Å²) in [7, 11) is 0. The van der Waals surface area contributed by atoms with Gasteiger partial charge in [-0.1, -0.05) is 66.2 Å². The number of aliphatic hydroxyl groups excluding tert-OH is 2. The SMILES string of the molecule is C#C[C@@H]1C[C@@]2(C)[C@H](CC[C@]3(C)[C@@H]2C=CC2=C4C[C@@](C)(CO)CC[C@]4(C)CC[C@]23C)C(C)(C)[C@H]1O. The van der Waals surface area contributed by atoms with Crippen LogP contribution in [0.5, 0.6) is 0 Å². The maximum absolute atomic E-state index is 11.2. The van der Waals surface area contributed by atoms with Gasteiger partial charge in [-0.15, -0.1) is 12.3 Å². The van der Waals surface area contributed by atoms with Gasteiger partial charge < -0.3 is 10.2 Å². The van der Waals surface area contributed by atoms with Crippen LogP contribution >= 0.6 is 0 Å². The number of hydrogen-bond acceptors (Lipinski definition) is 2. The van der Waals surface area contributed by atoms with Crippen LogP contribution < -0.4 is 0 Å². The molecule has 0 aromatic heterocycles. The van der Waals surface area contributed by atoms with E-state index >= 15 is 0 Å². The molecule has 0 aliphatic heterocycles. The summed E-state index contributed by atoms with van der Waals surface area (Å²) in [6.07, 6.45) is 19.9. The minimum atomic E-state index is -0.422. The highest BCUT2D eigenvalue weighted by atomic mass is 16.3. The van der Waals surface area contributed by atoms with Crippen LogP contribution in [0.2, 0.25) is 0 Å². The van der Waals surface area contributed by atoms with Crippen molar-refractivity contribution in [1.29, 1.82) is 0 Å². The van der Waals surface area contributed by atoms with Crippen LogP contribution in [0.25, 0.3) is 0 Å². The van der Waals surface area contributed by atoms with E-state index in [0.717, 1.165) is 19.3 Å². The normalized spacial score (nSPS) is 53.8. The van der Waals surface area contributed by atoms with Gasteiger partial charge in [0, 0.05) is 12.5 Å². The summed E-state index contributed by atoms with van der Waals surface area (Å²) in [5.74, 6) is 3.86. The molecule has 9 atom stereocenters. The highest BCUT2D eigenvalue weighted by Gasteiger charge is 2.67. The number of allylic oxidation sites excluding steroid dienone is 4. The van der Waals surface area contributed by atoms with E-state index in [1.807, 2.05) is 0 Å². The van der Waals surface area contributed by atoms with Gasteiger partial charge >= 0.3 is 0 Å². The van der Waals surface area contributed by atoms with Gasteiger partial charge in [0.15, 0.2) is 0 Å². The summed E-state index contributed by atoms with van der Waals surface area (Å²) in [6.45, 7) is 17.2. The summed E-state index contributed by atoms with van der Waals surface area (Å²) in [4.78, 5) is 0. The lowest BCUT2D eigenvalue weighted by Gasteiger charge is -2.70. The number of fused-ring (bicyclic) bond motifs is 6. The van der Waals surface area contributed by atoms with E-state index in [2.05, 4.69) is 66.5 Å². The monoisotopic (exact) mass is 464 g/mol. The molecule has 0 aromatic carbocycles. The minimum Gasteiger partial charge on any atom is -0.396 e. The quantitative estimate of drug-likeness (QED) is 0.413. The summed E-state index contributed by atoms with van der Waals surface area (Å²) in [6, 6.07) is 0. The molecule has 3 saturated carbocycles. The van der Waals surface area contributed by atoms with E-state index in [9.17, 15) is 10.2 Å². The molecule has 5 aliphatic carbocycles. The van der Waals surface area contributed by atoms with Crippen molar-refractivity contribution in [2.24, 2.45) is 50.2 Å². The Balaban J connectivity index is 1.65. The number of terminal acetylenes is 1. The van der Waals surface area contributed by atoms with Crippen LogP contribution in [0.4, 0.5) is 0 Å². The molecule has 0 saturated heterocycles. The molecule has 0 heterocycles. The van der Waals surface area contributed by atoms with Crippen LogP contribution in [0.1, 0.15) is 99.8 Å². The first kappa shape index (κ1) is 24.6. The zero-order valence-electron chi connectivity index (χ0n) is 22.8. The van der Waals surface area contributed by atoms with Gasteiger partial charge in [-0.05, 0) is 101 Å². The molecule has 0 unspecified atom stereocenters. The lowest BCUT2D eigenvalue weighted by molar-refractivity contribution is -0.193. The molecule has 0 spiro atoms. The summed E-state index contributed by atoms with van der Waals surface area (Å²) < 4.78 is 0.